The van der Waals surface area contributed by atoms with E-state index >= 15 is 0 Å². The summed E-state index contributed by atoms with van der Waals surface area (Å²) in [5, 5.41) is 2.07. The molecule has 0 spiro atoms. The molecule has 1 aliphatic heterocycles. The molecule has 2 aromatic heterocycles. The fourth-order valence-corrected chi connectivity index (χ4v) is 3.91. The summed E-state index contributed by atoms with van der Waals surface area (Å²) in [6, 6.07) is 2.07. The molecule has 0 saturated carbocycles. The Morgan fingerprint density at radius 3 is 2.79 bits per heavy atom. The zero-order valence-electron chi connectivity index (χ0n) is 14.6. The van der Waals surface area contributed by atoms with Gasteiger partial charge in [-0.25, -0.2) is 4.98 Å². The highest BCUT2D eigenvalue weighted by molar-refractivity contribution is 7.10. The third-order valence-electron chi connectivity index (χ3n) is 4.34. The van der Waals surface area contributed by atoms with Crippen molar-refractivity contribution in [1.82, 2.24) is 14.9 Å². The van der Waals surface area contributed by atoms with Crippen molar-refractivity contribution in [2.45, 2.75) is 52.5 Å². The number of carbonyl (C=O) groups excluding carboxylic acids is 1. The Morgan fingerprint density at radius 1 is 1.38 bits per heavy atom. The van der Waals surface area contributed by atoms with Gasteiger partial charge in [0.15, 0.2) is 0 Å². The van der Waals surface area contributed by atoms with Gasteiger partial charge < -0.3 is 9.88 Å². The molecule has 1 aliphatic rings. The standard InChI is InChI=1S/C18H23N3O2S/c1-11-14(15(22)20-17(19-11)18(2,3)4)16(23)21-8-5-6-13-12(10-21)7-9-24-13/h7,9H,5-6,8,10H2,1-4H3,(H,19,20,22). The lowest BCUT2D eigenvalue weighted by Crippen LogP contribution is -2.37. The van der Waals surface area contributed by atoms with E-state index < -0.39 is 0 Å². The van der Waals surface area contributed by atoms with E-state index in [0.29, 0.717) is 24.6 Å². The fraction of sp³-hybridized carbons (Fsp3) is 0.500. The molecule has 0 radical (unpaired) electrons. The second-order valence-corrected chi connectivity index (χ2v) is 8.32. The molecule has 1 N–H and O–H groups in total. The minimum atomic E-state index is -0.341. The average molecular weight is 345 g/mol. The van der Waals surface area contributed by atoms with Crippen LogP contribution in [0.3, 0.4) is 0 Å². The number of rotatable bonds is 1. The number of aromatic amines is 1. The fourth-order valence-electron chi connectivity index (χ4n) is 2.97. The third kappa shape index (κ3) is 3.15. The van der Waals surface area contributed by atoms with Crippen LogP contribution in [0.4, 0.5) is 0 Å². The predicted octanol–water partition coefficient (Wildman–Crippen LogP) is 3.03. The van der Waals surface area contributed by atoms with Gasteiger partial charge in [-0.1, -0.05) is 20.8 Å². The van der Waals surface area contributed by atoms with Crippen molar-refractivity contribution >= 4 is 17.2 Å². The molecule has 0 aliphatic carbocycles. The predicted molar refractivity (Wildman–Crippen MR) is 95.7 cm³/mol. The Morgan fingerprint density at radius 2 is 2.12 bits per heavy atom. The van der Waals surface area contributed by atoms with Gasteiger partial charge in [-0.3, -0.25) is 9.59 Å². The molecule has 1 amide bonds. The van der Waals surface area contributed by atoms with Crippen LogP contribution in [-0.2, 0) is 18.4 Å². The van der Waals surface area contributed by atoms with Crippen LogP contribution >= 0.6 is 11.3 Å². The molecule has 0 aromatic carbocycles. The average Bonchev–Trinajstić information content (AvgIpc) is 2.82. The monoisotopic (exact) mass is 345 g/mol. The molecule has 2 aromatic rings. The van der Waals surface area contributed by atoms with Gasteiger partial charge in [0.1, 0.15) is 11.4 Å². The minimum absolute atomic E-state index is 0.168. The zero-order valence-corrected chi connectivity index (χ0v) is 15.4. The molecule has 5 nitrogen and oxygen atoms in total. The molecule has 3 heterocycles. The maximum Gasteiger partial charge on any atom is 0.264 e. The van der Waals surface area contributed by atoms with Crippen molar-refractivity contribution in [3.63, 3.8) is 0 Å². The summed E-state index contributed by atoms with van der Waals surface area (Å²) in [4.78, 5) is 35.9. The lowest BCUT2D eigenvalue weighted by Gasteiger charge is -2.22. The first-order valence-corrected chi connectivity index (χ1v) is 9.11. The first-order valence-electron chi connectivity index (χ1n) is 8.23. The summed E-state index contributed by atoms with van der Waals surface area (Å²) in [7, 11) is 0. The number of H-pyrrole nitrogens is 1. The van der Waals surface area contributed by atoms with E-state index in [-0.39, 0.29) is 22.4 Å². The summed E-state index contributed by atoms with van der Waals surface area (Å²) < 4.78 is 0. The summed E-state index contributed by atoms with van der Waals surface area (Å²) in [5.41, 5.74) is 1.26. The first-order chi connectivity index (χ1) is 11.3. The van der Waals surface area contributed by atoms with Gasteiger partial charge in [0.25, 0.3) is 11.5 Å². The molecular weight excluding hydrogens is 322 g/mol. The van der Waals surface area contributed by atoms with E-state index in [9.17, 15) is 9.59 Å². The van der Waals surface area contributed by atoms with Gasteiger partial charge in [-0.05, 0) is 36.8 Å². The lowest BCUT2D eigenvalue weighted by molar-refractivity contribution is 0.0742. The zero-order chi connectivity index (χ0) is 17.5. The Labute approximate surface area is 145 Å². The minimum Gasteiger partial charge on any atom is -0.334 e. The quantitative estimate of drug-likeness (QED) is 0.864. The summed E-state index contributed by atoms with van der Waals surface area (Å²) in [6.07, 6.45) is 1.91. The number of nitrogens with one attached hydrogen (secondary N) is 1. The van der Waals surface area contributed by atoms with E-state index in [1.165, 1.54) is 10.4 Å². The SMILES string of the molecule is Cc1nc(C(C)(C)C)[nH]c(=O)c1C(=O)N1CCCc2sccc2C1. The maximum atomic E-state index is 13.0. The molecule has 0 unspecified atom stereocenters. The number of hydrogen-bond acceptors (Lipinski definition) is 4. The van der Waals surface area contributed by atoms with Crippen LogP contribution < -0.4 is 5.56 Å². The van der Waals surface area contributed by atoms with E-state index in [2.05, 4.69) is 21.4 Å². The largest absolute Gasteiger partial charge is 0.334 e. The number of fused-ring (bicyclic) bond motifs is 1. The highest BCUT2D eigenvalue weighted by Gasteiger charge is 2.27. The van der Waals surface area contributed by atoms with Crippen LogP contribution in [0.25, 0.3) is 0 Å². The number of aryl methyl sites for hydroxylation is 2. The normalized spacial score (nSPS) is 15.1. The summed E-state index contributed by atoms with van der Waals surface area (Å²) in [5.74, 6) is 0.387. The Bertz CT molecular complexity index is 830. The number of thiophene rings is 1. The number of hydrogen-bond donors (Lipinski definition) is 1. The van der Waals surface area contributed by atoms with Crippen molar-refractivity contribution in [3.8, 4) is 0 Å². The van der Waals surface area contributed by atoms with E-state index in [4.69, 9.17) is 0 Å². The van der Waals surface area contributed by atoms with Crippen LogP contribution in [0.15, 0.2) is 16.2 Å². The van der Waals surface area contributed by atoms with Crippen LogP contribution in [0.2, 0.25) is 0 Å². The second-order valence-electron chi connectivity index (χ2n) is 7.32. The Kier molecular flexibility index (Phi) is 4.34. The highest BCUT2D eigenvalue weighted by atomic mass is 32.1. The lowest BCUT2D eigenvalue weighted by atomic mass is 9.95. The molecular formula is C18H23N3O2S. The number of carbonyl (C=O) groups is 1. The molecule has 0 bridgehead atoms. The summed E-state index contributed by atoms with van der Waals surface area (Å²) in [6.45, 7) is 8.93. The topological polar surface area (TPSA) is 66.1 Å². The molecule has 0 atom stereocenters. The van der Waals surface area contributed by atoms with E-state index in [1.54, 1.807) is 23.2 Å². The molecule has 128 valence electrons. The van der Waals surface area contributed by atoms with Gasteiger partial charge in [0.2, 0.25) is 0 Å². The highest BCUT2D eigenvalue weighted by Crippen LogP contribution is 2.25. The van der Waals surface area contributed by atoms with Crippen LogP contribution in [0, 0.1) is 6.92 Å². The van der Waals surface area contributed by atoms with Crippen molar-refractivity contribution in [3.05, 3.63) is 49.3 Å². The van der Waals surface area contributed by atoms with Gasteiger partial charge in [0, 0.05) is 23.4 Å². The van der Waals surface area contributed by atoms with Crippen molar-refractivity contribution < 1.29 is 4.79 Å². The molecule has 6 heteroatoms. The smallest absolute Gasteiger partial charge is 0.264 e. The summed E-state index contributed by atoms with van der Waals surface area (Å²) >= 11 is 1.74. The molecule has 0 fully saturated rings. The van der Waals surface area contributed by atoms with Crippen molar-refractivity contribution in [1.29, 1.82) is 0 Å². The molecule has 24 heavy (non-hydrogen) atoms. The maximum absolute atomic E-state index is 13.0. The van der Waals surface area contributed by atoms with Crippen LogP contribution in [0.5, 0.6) is 0 Å². The van der Waals surface area contributed by atoms with Crippen LogP contribution in [0.1, 0.15) is 59.5 Å². The third-order valence-corrected chi connectivity index (χ3v) is 5.37. The van der Waals surface area contributed by atoms with Gasteiger partial charge in [-0.2, -0.15) is 0 Å². The molecule has 3 rings (SSSR count). The molecule has 0 saturated heterocycles. The Balaban J connectivity index is 1.95. The second kappa shape index (κ2) is 6.16. The van der Waals surface area contributed by atoms with Crippen molar-refractivity contribution in [2.75, 3.05) is 6.54 Å². The van der Waals surface area contributed by atoms with E-state index in [1.807, 2.05) is 20.8 Å². The van der Waals surface area contributed by atoms with Crippen molar-refractivity contribution in [2.24, 2.45) is 0 Å². The first kappa shape index (κ1) is 16.9. The number of amides is 1. The number of nitrogens with zero attached hydrogens (tertiary/aromatic N) is 2. The number of aromatic nitrogens is 2. The van der Waals surface area contributed by atoms with Gasteiger partial charge in [-0.15, -0.1) is 11.3 Å². The Hall–Kier alpha value is -1.95. The van der Waals surface area contributed by atoms with Gasteiger partial charge in [0.05, 0.1) is 5.69 Å². The van der Waals surface area contributed by atoms with Crippen LogP contribution in [-0.4, -0.2) is 27.3 Å². The van der Waals surface area contributed by atoms with E-state index in [0.717, 1.165) is 12.8 Å². The van der Waals surface area contributed by atoms with Gasteiger partial charge >= 0.3 is 0 Å².